The van der Waals surface area contributed by atoms with Crippen LogP contribution in [0.4, 0.5) is 11.4 Å². The summed E-state index contributed by atoms with van der Waals surface area (Å²) in [5.41, 5.74) is 1.23. The summed E-state index contributed by atoms with van der Waals surface area (Å²) in [6.45, 7) is 0.0956. The summed E-state index contributed by atoms with van der Waals surface area (Å²) >= 11 is 0. The van der Waals surface area contributed by atoms with E-state index in [1.54, 1.807) is 47.4 Å². The number of benzene rings is 2. The van der Waals surface area contributed by atoms with Crippen LogP contribution in [-0.4, -0.2) is 45.2 Å². The molecule has 1 saturated heterocycles. The van der Waals surface area contributed by atoms with Crippen molar-refractivity contribution >= 4 is 29.2 Å². The molecule has 2 aromatic carbocycles. The minimum atomic E-state index is -0.664. The van der Waals surface area contributed by atoms with Crippen LogP contribution in [0.15, 0.2) is 42.5 Å². The van der Waals surface area contributed by atoms with Gasteiger partial charge in [0.05, 0.1) is 25.5 Å². The summed E-state index contributed by atoms with van der Waals surface area (Å²) in [5, 5.41) is 2.64. The predicted molar refractivity (Wildman–Crippen MR) is 106 cm³/mol. The van der Waals surface area contributed by atoms with Crippen LogP contribution in [0.3, 0.4) is 0 Å². The Kier molecular flexibility index (Phi) is 6.33. The Morgan fingerprint density at radius 3 is 2.52 bits per heavy atom. The van der Waals surface area contributed by atoms with Gasteiger partial charge in [-0.2, -0.15) is 0 Å². The second-order valence-corrected chi connectivity index (χ2v) is 6.36. The molecule has 0 radical (unpaired) electrons. The number of hydrogen-bond donors (Lipinski definition) is 1. The van der Waals surface area contributed by atoms with Crippen LogP contribution in [0.1, 0.15) is 23.2 Å². The van der Waals surface area contributed by atoms with Crippen LogP contribution in [0.25, 0.3) is 0 Å². The second kappa shape index (κ2) is 9.09. The molecule has 0 atom stereocenters. The number of rotatable bonds is 7. The third kappa shape index (κ3) is 4.66. The minimum absolute atomic E-state index is 0.0311. The third-order valence-corrected chi connectivity index (χ3v) is 4.49. The fraction of sp³-hybridized carbons (Fsp3) is 0.286. The number of esters is 1. The van der Waals surface area contributed by atoms with E-state index >= 15 is 0 Å². The van der Waals surface area contributed by atoms with Crippen LogP contribution in [0.5, 0.6) is 11.5 Å². The second-order valence-electron chi connectivity index (χ2n) is 6.36. The quantitative estimate of drug-likeness (QED) is 0.721. The molecule has 1 fully saturated rings. The molecule has 2 aromatic rings. The van der Waals surface area contributed by atoms with Gasteiger partial charge in [0.2, 0.25) is 5.91 Å². The van der Waals surface area contributed by atoms with E-state index < -0.39 is 18.5 Å². The Balaban J connectivity index is 1.63. The van der Waals surface area contributed by atoms with E-state index in [2.05, 4.69) is 5.32 Å². The molecule has 1 heterocycles. The SMILES string of the molecule is COc1ccc(NC(=O)COC(=O)c2ccccc2N2CCCC2=O)cc1OC. The van der Waals surface area contributed by atoms with Crippen molar-refractivity contribution in [3.05, 3.63) is 48.0 Å². The highest BCUT2D eigenvalue weighted by Gasteiger charge is 2.26. The first-order valence-corrected chi connectivity index (χ1v) is 9.12. The van der Waals surface area contributed by atoms with Crippen LogP contribution < -0.4 is 19.7 Å². The van der Waals surface area contributed by atoms with Crippen LogP contribution >= 0.6 is 0 Å². The number of methoxy groups -OCH3 is 2. The summed E-state index contributed by atoms with van der Waals surface area (Å²) < 4.78 is 15.5. The smallest absolute Gasteiger partial charge is 0.340 e. The van der Waals surface area contributed by atoms with Crippen molar-refractivity contribution in [1.82, 2.24) is 0 Å². The molecule has 2 amide bonds. The topological polar surface area (TPSA) is 94.2 Å². The molecule has 29 heavy (non-hydrogen) atoms. The Morgan fingerprint density at radius 1 is 1.07 bits per heavy atom. The van der Waals surface area contributed by atoms with E-state index in [0.717, 1.165) is 6.42 Å². The van der Waals surface area contributed by atoms with Crippen LogP contribution in [0.2, 0.25) is 0 Å². The monoisotopic (exact) mass is 398 g/mol. The molecule has 0 unspecified atom stereocenters. The summed E-state index contributed by atoms with van der Waals surface area (Å²) in [5.74, 6) is -0.198. The number of hydrogen-bond acceptors (Lipinski definition) is 6. The maximum absolute atomic E-state index is 12.5. The van der Waals surface area contributed by atoms with E-state index in [0.29, 0.717) is 35.8 Å². The fourth-order valence-corrected chi connectivity index (χ4v) is 3.10. The number of carbonyl (C=O) groups is 3. The van der Waals surface area contributed by atoms with Gasteiger partial charge in [-0.1, -0.05) is 12.1 Å². The van der Waals surface area contributed by atoms with E-state index in [-0.39, 0.29) is 11.5 Å². The number of anilines is 2. The van der Waals surface area contributed by atoms with Gasteiger partial charge >= 0.3 is 5.97 Å². The predicted octanol–water partition coefficient (Wildman–Crippen LogP) is 2.63. The molecule has 0 aliphatic carbocycles. The average molecular weight is 398 g/mol. The van der Waals surface area contributed by atoms with Crippen molar-refractivity contribution in [2.75, 3.05) is 37.6 Å². The molecular formula is C21H22N2O6. The summed E-state index contributed by atoms with van der Waals surface area (Å²) in [6, 6.07) is 11.6. The van der Waals surface area contributed by atoms with Gasteiger partial charge in [-0.15, -0.1) is 0 Å². The van der Waals surface area contributed by atoms with Gasteiger partial charge in [0.15, 0.2) is 18.1 Å². The fourth-order valence-electron chi connectivity index (χ4n) is 3.10. The Bertz CT molecular complexity index is 927. The van der Waals surface area contributed by atoms with Gasteiger partial charge in [-0.25, -0.2) is 4.79 Å². The van der Waals surface area contributed by atoms with Crippen molar-refractivity contribution in [3.8, 4) is 11.5 Å². The van der Waals surface area contributed by atoms with Gasteiger partial charge in [0, 0.05) is 24.7 Å². The lowest BCUT2D eigenvalue weighted by atomic mass is 10.1. The van der Waals surface area contributed by atoms with Gasteiger partial charge in [-0.05, 0) is 30.7 Å². The zero-order valence-corrected chi connectivity index (χ0v) is 16.3. The first-order valence-electron chi connectivity index (χ1n) is 9.12. The number of ether oxygens (including phenoxy) is 3. The number of amides is 2. The Morgan fingerprint density at radius 2 is 1.83 bits per heavy atom. The average Bonchev–Trinajstić information content (AvgIpc) is 3.17. The lowest BCUT2D eigenvalue weighted by Gasteiger charge is -2.18. The number of nitrogens with zero attached hydrogens (tertiary/aromatic N) is 1. The molecule has 1 N–H and O–H groups in total. The Hall–Kier alpha value is -3.55. The zero-order valence-electron chi connectivity index (χ0n) is 16.3. The number of para-hydroxylation sites is 1. The maximum Gasteiger partial charge on any atom is 0.340 e. The molecule has 1 aliphatic heterocycles. The zero-order chi connectivity index (χ0) is 20.8. The molecule has 152 valence electrons. The first kappa shape index (κ1) is 20.2. The van der Waals surface area contributed by atoms with Crippen LogP contribution in [0, 0.1) is 0 Å². The van der Waals surface area contributed by atoms with Crippen molar-refractivity contribution in [1.29, 1.82) is 0 Å². The summed E-state index contributed by atoms with van der Waals surface area (Å²) in [6.07, 6.45) is 1.20. The van der Waals surface area contributed by atoms with E-state index in [1.165, 1.54) is 14.2 Å². The Labute approximate surface area is 168 Å². The normalized spacial score (nSPS) is 13.2. The molecular weight excluding hydrogens is 376 g/mol. The lowest BCUT2D eigenvalue weighted by Crippen LogP contribution is -2.27. The summed E-state index contributed by atoms with van der Waals surface area (Å²) in [7, 11) is 3.01. The maximum atomic E-state index is 12.5. The molecule has 0 bridgehead atoms. The van der Waals surface area contributed by atoms with Gasteiger partial charge < -0.3 is 24.4 Å². The number of nitrogens with one attached hydrogen (secondary N) is 1. The third-order valence-electron chi connectivity index (χ3n) is 4.49. The van der Waals surface area contributed by atoms with E-state index in [9.17, 15) is 14.4 Å². The molecule has 3 rings (SSSR count). The highest BCUT2D eigenvalue weighted by atomic mass is 16.5. The molecule has 0 spiro atoms. The molecule has 8 heteroatoms. The standard InChI is InChI=1S/C21H22N2O6/c1-27-17-10-9-14(12-18(17)28-2)22-19(24)13-29-21(26)15-6-3-4-7-16(15)23-11-5-8-20(23)25/h3-4,6-7,9-10,12H,5,8,11,13H2,1-2H3,(H,22,24). The van der Waals surface area contributed by atoms with Crippen molar-refractivity contribution < 1.29 is 28.6 Å². The van der Waals surface area contributed by atoms with E-state index in [4.69, 9.17) is 14.2 Å². The van der Waals surface area contributed by atoms with Crippen molar-refractivity contribution in [2.24, 2.45) is 0 Å². The minimum Gasteiger partial charge on any atom is -0.493 e. The highest BCUT2D eigenvalue weighted by Crippen LogP contribution is 2.30. The van der Waals surface area contributed by atoms with Gasteiger partial charge in [0.1, 0.15) is 0 Å². The van der Waals surface area contributed by atoms with Gasteiger partial charge in [-0.3, -0.25) is 9.59 Å². The first-order chi connectivity index (χ1) is 14.0. The van der Waals surface area contributed by atoms with Crippen LogP contribution in [-0.2, 0) is 14.3 Å². The number of carbonyl (C=O) groups excluding carboxylic acids is 3. The molecule has 1 aliphatic rings. The molecule has 0 aromatic heterocycles. The largest absolute Gasteiger partial charge is 0.493 e. The van der Waals surface area contributed by atoms with E-state index in [1.807, 2.05) is 0 Å². The van der Waals surface area contributed by atoms with Crippen molar-refractivity contribution in [2.45, 2.75) is 12.8 Å². The highest BCUT2D eigenvalue weighted by molar-refractivity contribution is 6.04. The molecule has 8 nitrogen and oxygen atoms in total. The summed E-state index contributed by atoms with van der Waals surface area (Å²) in [4.78, 5) is 38.2. The molecule has 0 saturated carbocycles. The van der Waals surface area contributed by atoms with Gasteiger partial charge in [0.25, 0.3) is 5.91 Å². The lowest BCUT2D eigenvalue weighted by molar-refractivity contribution is -0.119. The van der Waals surface area contributed by atoms with Crippen molar-refractivity contribution in [3.63, 3.8) is 0 Å².